The summed E-state index contributed by atoms with van der Waals surface area (Å²) in [4.78, 5) is 18.0. The van der Waals surface area contributed by atoms with Crippen LogP contribution in [0.4, 0.5) is 0 Å². The molecule has 8 nitrogen and oxygen atoms in total. The molecule has 0 atom stereocenters. The van der Waals surface area contributed by atoms with Crippen molar-refractivity contribution in [1.82, 2.24) is 24.9 Å². The fourth-order valence-electron chi connectivity index (χ4n) is 4.16. The first-order chi connectivity index (χ1) is 16.8. The average molecular weight is 451 g/mol. The molecular formula is C26H21N5O3. The van der Waals surface area contributed by atoms with E-state index in [1.807, 2.05) is 77.3 Å². The van der Waals surface area contributed by atoms with E-state index in [1.165, 1.54) is 0 Å². The highest BCUT2D eigenvalue weighted by molar-refractivity contribution is 6.07. The Morgan fingerprint density at radius 2 is 1.79 bits per heavy atom. The summed E-state index contributed by atoms with van der Waals surface area (Å²) < 4.78 is 13.3. The van der Waals surface area contributed by atoms with Crippen molar-refractivity contribution in [3.63, 3.8) is 0 Å². The van der Waals surface area contributed by atoms with Gasteiger partial charge in [0.1, 0.15) is 19.0 Å². The zero-order chi connectivity index (χ0) is 22.9. The highest BCUT2D eigenvalue weighted by Crippen LogP contribution is 2.35. The van der Waals surface area contributed by atoms with Crippen molar-refractivity contribution in [3.8, 4) is 22.8 Å². The molecule has 1 aliphatic heterocycles. The van der Waals surface area contributed by atoms with Crippen LogP contribution in [0, 0.1) is 0 Å². The molecule has 3 aromatic heterocycles. The first-order valence-corrected chi connectivity index (χ1v) is 11.1. The van der Waals surface area contributed by atoms with Gasteiger partial charge in [-0.05, 0) is 42.5 Å². The number of rotatable bonds is 5. The van der Waals surface area contributed by atoms with E-state index in [4.69, 9.17) is 14.5 Å². The lowest BCUT2D eigenvalue weighted by atomic mass is 10.0. The van der Waals surface area contributed by atoms with Crippen molar-refractivity contribution >= 4 is 22.5 Å². The van der Waals surface area contributed by atoms with Crippen molar-refractivity contribution in [3.05, 3.63) is 84.3 Å². The Kier molecular flexibility index (Phi) is 5.03. The molecule has 0 saturated carbocycles. The maximum atomic E-state index is 13.2. The van der Waals surface area contributed by atoms with Crippen LogP contribution in [0.2, 0.25) is 0 Å². The van der Waals surface area contributed by atoms with E-state index in [2.05, 4.69) is 15.5 Å². The number of carbonyl (C=O) groups is 1. The van der Waals surface area contributed by atoms with Crippen LogP contribution in [0.25, 0.3) is 27.8 Å². The van der Waals surface area contributed by atoms with Gasteiger partial charge in [-0.15, -0.1) is 10.2 Å². The molecule has 0 spiro atoms. The molecule has 6 rings (SSSR count). The van der Waals surface area contributed by atoms with Gasteiger partial charge in [-0.3, -0.25) is 9.20 Å². The van der Waals surface area contributed by atoms with Crippen molar-refractivity contribution in [2.75, 3.05) is 19.8 Å². The Hall–Kier alpha value is -4.46. The first kappa shape index (κ1) is 20.2. The van der Waals surface area contributed by atoms with Gasteiger partial charge in [0.25, 0.3) is 5.91 Å². The van der Waals surface area contributed by atoms with Crippen molar-refractivity contribution in [2.24, 2.45) is 0 Å². The second-order valence-electron chi connectivity index (χ2n) is 7.98. The maximum Gasteiger partial charge on any atom is 0.252 e. The van der Waals surface area contributed by atoms with Crippen LogP contribution in [0.3, 0.4) is 0 Å². The molecule has 0 fully saturated rings. The number of nitrogens with one attached hydrogen (secondary N) is 1. The van der Waals surface area contributed by atoms with Crippen LogP contribution >= 0.6 is 0 Å². The molecule has 0 unspecified atom stereocenters. The topological polar surface area (TPSA) is 90.6 Å². The van der Waals surface area contributed by atoms with E-state index in [0.29, 0.717) is 43.2 Å². The molecule has 1 N–H and O–H groups in total. The molecule has 0 radical (unpaired) electrons. The lowest BCUT2D eigenvalue weighted by Crippen LogP contribution is -2.26. The Labute approximate surface area is 195 Å². The second-order valence-corrected chi connectivity index (χ2v) is 7.98. The number of para-hydroxylation sites is 1. The van der Waals surface area contributed by atoms with Crippen LogP contribution in [0.1, 0.15) is 16.2 Å². The van der Waals surface area contributed by atoms with Gasteiger partial charge in [0.2, 0.25) is 0 Å². The smallest absolute Gasteiger partial charge is 0.252 e. The van der Waals surface area contributed by atoms with Crippen molar-refractivity contribution in [1.29, 1.82) is 0 Å². The zero-order valence-electron chi connectivity index (χ0n) is 18.3. The number of amides is 1. The molecule has 4 heterocycles. The van der Waals surface area contributed by atoms with Gasteiger partial charge in [0.05, 0.1) is 16.8 Å². The third-order valence-electron chi connectivity index (χ3n) is 5.82. The summed E-state index contributed by atoms with van der Waals surface area (Å²) in [5.41, 5.74) is 3.67. The minimum atomic E-state index is -0.161. The standard InChI is InChI=1S/C26H21N5O3/c32-26(27-11-10-25-30-29-24-7-3-4-12-31(24)25)19-16-21(28-20-6-2-1-5-18(19)20)17-8-9-22-23(15-17)34-14-13-33-22/h1-9,12,15-16H,10-11,13-14H2,(H,27,32). The SMILES string of the molecule is O=C(NCCc1nnc2ccccn12)c1cc(-c2ccc3c(c2)OCCO3)nc2ccccc12. The summed E-state index contributed by atoms with van der Waals surface area (Å²) in [5, 5.41) is 12.2. The molecule has 1 amide bonds. The number of ether oxygens (including phenoxy) is 2. The quantitative estimate of drug-likeness (QED) is 0.438. The van der Waals surface area contributed by atoms with Gasteiger partial charge in [0.15, 0.2) is 17.1 Å². The first-order valence-electron chi connectivity index (χ1n) is 11.1. The molecule has 34 heavy (non-hydrogen) atoms. The Morgan fingerprint density at radius 3 is 2.74 bits per heavy atom. The number of hydrogen-bond donors (Lipinski definition) is 1. The second kappa shape index (κ2) is 8.47. The molecule has 0 saturated heterocycles. The van der Waals surface area contributed by atoms with E-state index in [9.17, 15) is 4.79 Å². The van der Waals surface area contributed by atoms with E-state index in [-0.39, 0.29) is 5.91 Å². The maximum absolute atomic E-state index is 13.2. The Bertz CT molecular complexity index is 1530. The van der Waals surface area contributed by atoms with Crippen molar-refractivity contribution < 1.29 is 14.3 Å². The summed E-state index contributed by atoms with van der Waals surface area (Å²) in [5.74, 6) is 2.04. The zero-order valence-corrected chi connectivity index (χ0v) is 18.3. The minimum absolute atomic E-state index is 0.161. The number of fused-ring (bicyclic) bond motifs is 3. The molecule has 1 aliphatic rings. The number of carbonyl (C=O) groups excluding carboxylic acids is 1. The highest BCUT2D eigenvalue weighted by atomic mass is 16.6. The average Bonchev–Trinajstić information content (AvgIpc) is 3.30. The number of nitrogens with zero attached hydrogens (tertiary/aromatic N) is 4. The fraction of sp³-hybridized carbons (Fsp3) is 0.154. The lowest BCUT2D eigenvalue weighted by Gasteiger charge is -2.19. The number of benzene rings is 2. The summed E-state index contributed by atoms with van der Waals surface area (Å²) >= 11 is 0. The predicted octanol–water partition coefficient (Wildman–Crippen LogP) is 3.69. The van der Waals surface area contributed by atoms with Crippen LogP contribution < -0.4 is 14.8 Å². The Morgan fingerprint density at radius 1 is 0.941 bits per heavy atom. The molecule has 0 aliphatic carbocycles. The van der Waals surface area contributed by atoms with Gasteiger partial charge in [-0.2, -0.15) is 0 Å². The number of pyridine rings is 2. The van der Waals surface area contributed by atoms with Crippen LogP contribution in [-0.2, 0) is 6.42 Å². The molecule has 8 heteroatoms. The normalized spacial score (nSPS) is 12.7. The van der Waals surface area contributed by atoms with Gasteiger partial charge < -0.3 is 14.8 Å². The predicted molar refractivity (Wildman–Crippen MR) is 127 cm³/mol. The van der Waals surface area contributed by atoms with E-state index < -0.39 is 0 Å². The van der Waals surface area contributed by atoms with E-state index >= 15 is 0 Å². The third-order valence-corrected chi connectivity index (χ3v) is 5.82. The van der Waals surface area contributed by atoms with Gasteiger partial charge in [-0.1, -0.05) is 24.3 Å². The van der Waals surface area contributed by atoms with Crippen molar-refractivity contribution in [2.45, 2.75) is 6.42 Å². The largest absolute Gasteiger partial charge is 0.486 e. The summed E-state index contributed by atoms with van der Waals surface area (Å²) in [6, 6.07) is 21.0. The summed E-state index contributed by atoms with van der Waals surface area (Å²) in [6.45, 7) is 1.48. The minimum Gasteiger partial charge on any atom is -0.486 e. The molecule has 0 bridgehead atoms. The molecule has 2 aromatic carbocycles. The third kappa shape index (κ3) is 3.69. The van der Waals surface area contributed by atoms with E-state index in [1.54, 1.807) is 0 Å². The monoisotopic (exact) mass is 451 g/mol. The van der Waals surface area contributed by atoms with Crippen LogP contribution in [0.5, 0.6) is 11.5 Å². The molecular weight excluding hydrogens is 430 g/mol. The summed E-state index contributed by atoms with van der Waals surface area (Å²) in [7, 11) is 0. The fourth-order valence-corrected chi connectivity index (χ4v) is 4.16. The summed E-state index contributed by atoms with van der Waals surface area (Å²) in [6.07, 6.45) is 2.48. The number of aromatic nitrogens is 4. The van der Waals surface area contributed by atoms with Crippen LogP contribution in [-0.4, -0.2) is 45.2 Å². The lowest BCUT2D eigenvalue weighted by molar-refractivity contribution is 0.0955. The van der Waals surface area contributed by atoms with E-state index in [0.717, 1.165) is 33.7 Å². The van der Waals surface area contributed by atoms with Gasteiger partial charge in [0, 0.05) is 30.1 Å². The van der Waals surface area contributed by atoms with Gasteiger partial charge >= 0.3 is 0 Å². The Balaban J connectivity index is 1.28. The highest BCUT2D eigenvalue weighted by Gasteiger charge is 2.17. The molecule has 168 valence electrons. The number of hydrogen-bond acceptors (Lipinski definition) is 6. The molecule has 5 aromatic rings. The van der Waals surface area contributed by atoms with Crippen LogP contribution in [0.15, 0.2) is 72.9 Å². The van der Waals surface area contributed by atoms with Gasteiger partial charge in [-0.25, -0.2) is 4.98 Å².